The molecule has 15 heavy (non-hydrogen) atoms. The van der Waals surface area contributed by atoms with Gasteiger partial charge in [0.25, 0.3) is 5.91 Å². The fraction of sp³-hybridized carbons (Fsp3) is 0.417. The van der Waals surface area contributed by atoms with Crippen molar-refractivity contribution >= 4 is 5.91 Å². The summed E-state index contributed by atoms with van der Waals surface area (Å²) in [5.74, 6) is 5.77. The van der Waals surface area contributed by atoms with Crippen LogP contribution in [0.3, 0.4) is 0 Å². The van der Waals surface area contributed by atoms with Crippen molar-refractivity contribution in [3.8, 4) is 0 Å². The van der Waals surface area contributed by atoms with E-state index in [1.807, 2.05) is 18.2 Å². The van der Waals surface area contributed by atoms with Gasteiger partial charge in [-0.25, -0.2) is 5.84 Å². The molecule has 0 aliphatic heterocycles. The van der Waals surface area contributed by atoms with Gasteiger partial charge in [0.1, 0.15) is 0 Å². The van der Waals surface area contributed by atoms with Gasteiger partial charge in [-0.15, -0.1) is 0 Å². The van der Waals surface area contributed by atoms with Crippen molar-refractivity contribution in [3.63, 3.8) is 0 Å². The lowest BCUT2D eigenvalue weighted by Gasteiger charge is -2.23. The number of hydrogen-bond acceptors (Lipinski definition) is 2. The highest BCUT2D eigenvalue weighted by Crippen LogP contribution is 2.22. The van der Waals surface area contributed by atoms with Crippen molar-refractivity contribution in [3.05, 3.63) is 35.9 Å². The summed E-state index contributed by atoms with van der Waals surface area (Å²) in [6.07, 6.45) is 4.44. The van der Waals surface area contributed by atoms with E-state index in [1.54, 1.807) is 12.1 Å². The van der Waals surface area contributed by atoms with Crippen molar-refractivity contribution in [1.29, 1.82) is 0 Å². The van der Waals surface area contributed by atoms with Crippen LogP contribution in [0.15, 0.2) is 30.3 Å². The molecular formula is C12H16N2O. The van der Waals surface area contributed by atoms with Crippen LogP contribution >= 0.6 is 0 Å². The summed E-state index contributed by atoms with van der Waals surface area (Å²) in [6, 6.07) is 9.45. The van der Waals surface area contributed by atoms with Gasteiger partial charge in [0.05, 0.1) is 0 Å². The van der Waals surface area contributed by atoms with Gasteiger partial charge in [-0.2, -0.15) is 0 Å². The molecule has 0 unspecified atom stereocenters. The first kappa shape index (κ1) is 10.2. The van der Waals surface area contributed by atoms with Gasteiger partial charge < -0.3 is 0 Å². The minimum Gasteiger partial charge on any atom is -0.274 e. The molecule has 0 aromatic heterocycles. The van der Waals surface area contributed by atoms with Crippen LogP contribution < -0.4 is 5.84 Å². The molecule has 1 aromatic rings. The molecule has 0 bridgehead atoms. The summed E-state index contributed by atoms with van der Waals surface area (Å²) in [5.41, 5.74) is 0.673. The van der Waals surface area contributed by atoms with Crippen LogP contribution in [0.5, 0.6) is 0 Å². The minimum absolute atomic E-state index is 0.0671. The maximum absolute atomic E-state index is 11.9. The fourth-order valence-corrected chi connectivity index (χ4v) is 2.08. The molecule has 2 N–H and O–H groups in total. The van der Waals surface area contributed by atoms with Crippen LogP contribution in [-0.4, -0.2) is 17.0 Å². The van der Waals surface area contributed by atoms with E-state index in [0.29, 0.717) is 5.56 Å². The van der Waals surface area contributed by atoms with Crippen molar-refractivity contribution in [2.45, 2.75) is 31.7 Å². The number of carbonyl (C=O) groups excluding carboxylic acids is 1. The predicted octanol–water partition coefficient (Wildman–Crippen LogP) is 1.95. The minimum atomic E-state index is -0.0671. The van der Waals surface area contributed by atoms with Crippen LogP contribution in [0, 0.1) is 0 Å². The quantitative estimate of drug-likeness (QED) is 0.454. The molecule has 1 amide bonds. The maximum atomic E-state index is 11.9. The van der Waals surface area contributed by atoms with Crippen molar-refractivity contribution in [1.82, 2.24) is 5.01 Å². The van der Waals surface area contributed by atoms with E-state index in [2.05, 4.69) is 0 Å². The summed E-state index contributed by atoms with van der Waals surface area (Å²) < 4.78 is 0. The second-order valence-electron chi connectivity index (χ2n) is 4.02. The van der Waals surface area contributed by atoms with Crippen LogP contribution in [-0.2, 0) is 0 Å². The molecule has 0 radical (unpaired) electrons. The Morgan fingerprint density at radius 2 is 1.80 bits per heavy atom. The molecule has 2 rings (SSSR count). The third-order valence-corrected chi connectivity index (χ3v) is 2.97. The van der Waals surface area contributed by atoms with Crippen molar-refractivity contribution in [2.24, 2.45) is 5.84 Å². The first-order chi connectivity index (χ1) is 7.29. The molecular weight excluding hydrogens is 188 g/mol. The third-order valence-electron chi connectivity index (χ3n) is 2.97. The van der Waals surface area contributed by atoms with Crippen LogP contribution in [0.25, 0.3) is 0 Å². The standard InChI is InChI=1S/C12H16N2O/c13-14(11-8-4-5-9-11)12(15)10-6-2-1-3-7-10/h1-3,6-7,11H,4-5,8-9,13H2. The topological polar surface area (TPSA) is 46.3 Å². The highest BCUT2D eigenvalue weighted by Gasteiger charge is 2.24. The molecule has 3 heteroatoms. The first-order valence-electron chi connectivity index (χ1n) is 5.42. The Morgan fingerprint density at radius 1 is 1.20 bits per heavy atom. The van der Waals surface area contributed by atoms with Crippen molar-refractivity contribution < 1.29 is 4.79 Å². The Bertz CT molecular complexity index is 331. The largest absolute Gasteiger partial charge is 0.274 e. The van der Waals surface area contributed by atoms with Gasteiger partial charge in [-0.3, -0.25) is 9.80 Å². The van der Waals surface area contributed by atoms with E-state index in [1.165, 1.54) is 17.9 Å². The zero-order valence-electron chi connectivity index (χ0n) is 8.73. The van der Waals surface area contributed by atoms with Gasteiger partial charge in [-0.1, -0.05) is 31.0 Å². The molecule has 0 heterocycles. The number of carbonyl (C=O) groups is 1. The van der Waals surface area contributed by atoms with Gasteiger partial charge in [0, 0.05) is 11.6 Å². The third kappa shape index (κ3) is 2.18. The second-order valence-corrected chi connectivity index (χ2v) is 4.02. The molecule has 1 aromatic carbocycles. The number of rotatable bonds is 2. The fourth-order valence-electron chi connectivity index (χ4n) is 2.08. The average molecular weight is 204 g/mol. The Kier molecular flexibility index (Phi) is 3.02. The zero-order chi connectivity index (χ0) is 10.7. The number of nitrogens with two attached hydrogens (primary N) is 1. The van der Waals surface area contributed by atoms with E-state index in [0.717, 1.165) is 12.8 Å². The number of hydrogen-bond donors (Lipinski definition) is 1. The summed E-state index contributed by atoms with van der Waals surface area (Å²) in [6.45, 7) is 0. The smallest absolute Gasteiger partial charge is 0.268 e. The number of nitrogens with zero attached hydrogens (tertiary/aromatic N) is 1. The van der Waals surface area contributed by atoms with Crippen molar-refractivity contribution in [2.75, 3.05) is 0 Å². The van der Waals surface area contributed by atoms with E-state index < -0.39 is 0 Å². The number of amides is 1. The van der Waals surface area contributed by atoms with Crippen LogP contribution in [0.1, 0.15) is 36.0 Å². The molecule has 1 aliphatic rings. The molecule has 1 fully saturated rings. The van der Waals surface area contributed by atoms with Gasteiger partial charge >= 0.3 is 0 Å². The molecule has 0 saturated heterocycles. The highest BCUT2D eigenvalue weighted by molar-refractivity contribution is 5.93. The molecule has 1 aliphatic carbocycles. The van der Waals surface area contributed by atoms with Crippen LogP contribution in [0.4, 0.5) is 0 Å². The maximum Gasteiger partial charge on any atom is 0.268 e. The SMILES string of the molecule is NN(C(=O)c1ccccc1)C1CCCC1. The van der Waals surface area contributed by atoms with Gasteiger partial charge in [-0.05, 0) is 25.0 Å². The summed E-state index contributed by atoms with van der Waals surface area (Å²) in [5, 5.41) is 1.41. The lowest BCUT2D eigenvalue weighted by Crippen LogP contribution is -2.44. The summed E-state index contributed by atoms with van der Waals surface area (Å²) in [4.78, 5) is 11.9. The van der Waals surface area contributed by atoms with E-state index in [9.17, 15) is 4.79 Å². The molecule has 80 valence electrons. The number of hydrazine groups is 1. The van der Waals surface area contributed by atoms with E-state index in [-0.39, 0.29) is 11.9 Å². The first-order valence-corrected chi connectivity index (χ1v) is 5.42. The van der Waals surface area contributed by atoms with Crippen LogP contribution in [0.2, 0.25) is 0 Å². The lowest BCUT2D eigenvalue weighted by atomic mass is 10.1. The highest BCUT2D eigenvalue weighted by atomic mass is 16.2. The normalized spacial score (nSPS) is 16.6. The van der Waals surface area contributed by atoms with E-state index >= 15 is 0 Å². The Hall–Kier alpha value is -1.35. The zero-order valence-corrected chi connectivity index (χ0v) is 8.73. The van der Waals surface area contributed by atoms with E-state index in [4.69, 9.17) is 5.84 Å². The van der Waals surface area contributed by atoms with Gasteiger partial charge in [0.2, 0.25) is 0 Å². The lowest BCUT2D eigenvalue weighted by molar-refractivity contribution is 0.0681. The average Bonchev–Trinajstić information content (AvgIpc) is 2.82. The van der Waals surface area contributed by atoms with Gasteiger partial charge in [0.15, 0.2) is 0 Å². The second kappa shape index (κ2) is 4.45. The molecule has 0 atom stereocenters. The summed E-state index contributed by atoms with van der Waals surface area (Å²) >= 11 is 0. The number of benzene rings is 1. The molecule has 0 spiro atoms. The monoisotopic (exact) mass is 204 g/mol. The Balaban J connectivity index is 2.07. The Labute approximate surface area is 89.8 Å². The predicted molar refractivity (Wildman–Crippen MR) is 59.1 cm³/mol. The summed E-state index contributed by atoms with van der Waals surface area (Å²) in [7, 11) is 0. The Morgan fingerprint density at radius 3 is 2.40 bits per heavy atom. The molecule has 1 saturated carbocycles. The molecule has 3 nitrogen and oxygen atoms in total.